The van der Waals surface area contributed by atoms with E-state index < -0.39 is 5.41 Å². The Morgan fingerprint density at radius 1 is 0.512 bits per heavy atom. The van der Waals surface area contributed by atoms with Gasteiger partial charge < -0.3 is 0 Å². The maximum absolute atomic E-state index is 4.86. The highest BCUT2D eigenvalue weighted by Gasteiger charge is 2.46. The summed E-state index contributed by atoms with van der Waals surface area (Å²) in [4.78, 5) is 0. The van der Waals surface area contributed by atoms with Gasteiger partial charge in [0.2, 0.25) is 0 Å². The first kappa shape index (κ1) is 24.8. The largest absolute Gasteiger partial charge is 0.274 e. The first-order valence-corrected chi connectivity index (χ1v) is 15.5. The Kier molecular flexibility index (Phi) is 5.38. The number of hydrogen-bond acceptors (Lipinski definition) is 2. The highest BCUT2D eigenvalue weighted by atomic mass is 127. The summed E-state index contributed by atoms with van der Waals surface area (Å²) in [5, 5.41) is 13.1. The maximum Gasteiger partial charge on any atom is 0.169 e. The predicted octanol–water partition coefficient (Wildman–Crippen LogP) is 9.67. The standard InChI is InChI=1S/C39H24IN3/c40-28-20-22-31-30-21-19-25(37-41-42-38-33-17-8-7-15-29(33)32-16-9-10-18-36(32)43(37)38)23-34(30)39(35(31)24-28,26-11-3-1-4-12-26)27-13-5-2-6-14-27/h1-24H. The third-order valence-corrected chi connectivity index (χ3v) is 9.71. The fraction of sp³-hybridized carbons (Fsp3) is 0.0256. The second kappa shape index (κ2) is 9.35. The number of rotatable bonds is 3. The molecule has 0 unspecified atom stereocenters. The summed E-state index contributed by atoms with van der Waals surface area (Å²) in [5.74, 6) is 0.848. The molecule has 0 bridgehead atoms. The maximum atomic E-state index is 4.86. The molecule has 9 rings (SSSR count). The summed E-state index contributed by atoms with van der Waals surface area (Å²) in [5.41, 5.74) is 10.2. The molecule has 0 spiro atoms. The number of nitrogens with zero attached hydrogens (tertiary/aromatic N) is 3. The van der Waals surface area contributed by atoms with Crippen molar-refractivity contribution in [2.24, 2.45) is 0 Å². The Morgan fingerprint density at radius 3 is 1.81 bits per heavy atom. The van der Waals surface area contributed by atoms with Crippen LogP contribution in [-0.2, 0) is 5.41 Å². The van der Waals surface area contributed by atoms with Crippen molar-refractivity contribution in [1.82, 2.24) is 14.6 Å². The van der Waals surface area contributed by atoms with Crippen LogP contribution in [-0.4, -0.2) is 14.6 Å². The molecule has 6 aromatic carbocycles. The Morgan fingerprint density at radius 2 is 1.09 bits per heavy atom. The fourth-order valence-corrected chi connectivity index (χ4v) is 7.77. The normalized spacial score (nSPS) is 13.4. The van der Waals surface area contributed by atoms with E-state index in [-0.39, 0.29) is 0 Å². The molecule has 8 aromatic rings. The smallest absolute Gasteiger partial charge is 0.169 e. The van der Waals surface area contributed by atoms with Gasteiger partial charge in [-0.3, -0.25) is 4.40 Å². The van der Waals surface area contributed by atoms with Crippen LogP contribution in [0.5, 0.6) is 0 Å². The molecule has 0 atom stereocenters. The summed E-state index contributed by atoms with van der Waals surface area (Å²) < 4.78 is 3.46. The second-order valence-electron chi connectivity index (χ2n) is 11.2. The fourth-order valence-electron chi connectivity index (χ4n) is 7.28. The average molecular weight is 662 g/mol. The first-order valence-electron chi connectivity index (χ1n) is 14.5. The Labute approximate surface area is 262 Å². The van der Waals surface area contributed by atoms with Gasteiger partial charge in [-0.25, -0.2) is 0 Å². The number of pyridine rings is 1. The lowest BCUT2D eigenvalue weighted by Crippen LogP contribution is -2.28. The summed E-state index contributed by atoms with van der Waals surface area (Å²) in [6.45, 7) is 0. The lowest BCUT2D eigenvalue weighted by molar-refractivity contribution is 0.768. The van der Waals surface area contributed by atoms with Gasteiger partial charge in [-0.1, -0.05) is 121 Å². The van der Waals surface area contributed by atoms with E-state index in [4.69, 9.17) is 10.2 Å². The van der Waals surface area contributed by atoms with Crippen molar-refractivity contribution in [3.05, 3.63) is 171 Å². The molecule has 3 nitrogen and oxygen atoms in total. The van der Waals surface area contributed by atoms with E-state index in [2.05, 4.69) is 173 Å². The molecule has 2 aromatic heterocycles. The van der Waals surface area contributed by atoms with Gasteiger partial charge in [0.15, 0.2) is 11.5 Å². The van der Waals surface area contributed by atoms with Gasteiger partial charge in [0, 0.05) is 19.9 Å². The third kappa shape index (κ3) is 3.41. The molecule has 0 amide bonds. The minimum atomic E-state index is -0.473. The SMILES string of the molecule is Ic1ccc2c(c1)C(c1ccccc1)(c1ccccc1)c1cc(-c3nnc4c5ccccc5c5ccccc5n34)ccc1-2. The van der Waals surface area contributed by atoms with Crippen LogP contribution in [0.4, 0.5) is 0 Å². The van der Waals surface area contributed by atoms with E-state index in [0.717, 1.165) is 27.9 Å². The van der Waals surface area contributed by atoms with E-state index in [1.807, 2.05) is 0 Å². The zero-order valence-corrected chi connectivity index (χ0v) is 25.2. The van der Waals surface area contributed by atoms with Gasteiger partial charge in [-0.2, -0.15) is 0 Å². The van der Waals surface area contributed by atoms with Crippen molar-refractivity contribution < 1.29 is 0 Å². The molecule has 0 saturated heterocycles. The molecule has 0 fully saturated rings. The molecule has 0 aliphatic heterocycles. The molecule has 4 heteroatoms. The monoisotopic (exact) mass is 661 g/mol. The van der Waals surface area contributed by atoms with Gasteiger partial charge in [0.1, 0.15) is 0 Å². The number of fused-ring (bicyclic) bond motifs is 9. The zero-order chi connectivity index (χ0) is 28.5. The lowest BCUT2D eigenvalue weighted by atomic mass is 9.67. The minimum Gasteiger partial charge on any atom is -0.274 e. The number of halogens is 1. The highest BCUT2D eigenvalue weighted by molar-refractivity contribution is 14.1. The molecule has 0 radical (unpaired) electrons. The molecule has 1 aliphatic rings. The van der Waals surface area contributed by atoms with Crippen LogP contribution in [0.25, 0.3) is 49.8 Å². The van der Waals surface area contributed by atoms with Crippen molar-refractivity contribution in [1.29, 1.82) is 0 Å². The van der Waals surface area contributed by atoms with Crippen molar-refractivity contribution >= 4 is 49.9 Å². The van der Waals surface area contributed by atoms with Crippen LogP contribution in [0, 0.1) is 3.57 Å². The van der Waals surface area contributed by atoms with Crippen LogP contribution in [0.1, 0.15) is 22.3 Å². The van der Waals surface area contributed by atoms with Gasteiger partial charge >= 0.3 is 0 Å². The van der Waals surface area contributed by atoms with Crippen LogP contribution in [0.3, 0.4) is 0 Å². The summed E-state index contributed by atoms with van der Waals surface area (Å²) in [6, 6.07) is 52.7. The van der Waals surface area contributed by atoms with Gasteiger partial charge in [-0.15, -0.1) is 10.2 Å². The van der Waals surface area contributed by atoms with E-state index in [1.165, 1.54) is 47.7 Å². The zero-order valence-electron chi connectivity index (χ0n) is 23.1. The third-order valence-electron chi connectivity index (χ3n) is 9.04. The molecule has 43 heavy (non-hydrogen) atoms. The van der Waals surface area contributed by atoms with Crippen molar-refractivity contribution in [2.45, 2.75) is 5.41 Å². The van der Waals surface area contributed by atoms with Crippen LogP contribution in [0.15, 0.2) is 146 Å². The number of benzene rings is 6. The van der Waals surface area contributed by atoms with E-state index in [1.54, 1.807) is 0 Å². The number of aromatic nitrogens is 3. The summed E-state index contributed by atoms with van der Waals surface area (Å²) in [7, 11) is 0. The molecule has 1 aliphatic carbocycles. The lowest BCUT2D eigenvalue weighted by Gasteiger charge is -2.34. The van der Waals surface area contributed by atoms with E-state index in [0.29, 0.717) is 0 Å². The van der Waals surface area contributed by atoms with Crippen molar-refractivity contribution in [2.75, 3.05) is 0 Å². The van der Waals surface area contributed by atoms with Gasteiger partial charge in [0.25, 0.3) is 0 Å². The summed E-state index contributed by atoms with van der Waals surface area (Å²) >= 11 is 2.45. The van der Waals surface area contributed by atoms with Crippen molar-refractivity contribution in [3.8, 4) is 22.5 Å². The van der Waals surface area contributed by atoms with Crippen LogP contribution < -0.4 is 0 Å². The Balaban J connectivity index is 1.40. The molecule has 0 saturated carbocycles. The van der Waals surface area contributed by atoms with Crippen LogP contribution in [0.2, 0.25) is 0 Å². The molecular formula is C39H24IN3. The highest BCUT2D eigenvalue weighted by Crippen LogP contribution is 2.57. The molecule has 202 valence electrons. The first-order chi connectivity index (χ1) is 21.2. The van der Waals surface area contributed by atoms with E-state index >= 15 is 0 Å². The molecule has 0 N–H and O–H groups in total. The van der Waals surface area contributed by atoms with Gasteiger partial charge in [0.05, 0.1) is 10.9 Å². The minimum absolute atomic E-state index is 0.473. The number of hydrogen-bond donors (Lipinski definition) is 0. The molecule has 2 heterocycles. The number of para-hydroxylation sites is 1. The van der Waals surface area contributed by atoms with Crippen LogP contribution >= 0.6 is 22.6 Å². The quantitative estimate of drug-likeness (QED) is 0.140. The summed E-state index contributed by atoms with van der Waals surface area (Å²) in [6.07, 6.45) is 0. The Bertz CT molecular complexity index is 2320. The Hall–Kier alpha value is -4.81. The predicted molar refractivity (Wildman–Crippen MR) is 183 cm³/mol. The average Bonchev–Trinajstić information content (AvgIpc) is 3.64. The molecular weight excluding hydrogens is 637 g/mol. The van der Waals surface area contributed by atoms with E-state index in [9.17, 15) is 0 Å². The van der Waals surface area contributed by atoms with Gasteiger partial charge in [-0.05, 0) is 85.6 Å². The van der Waals surface area contributed by atoms with Crippen molar-refractivity contribution in [3.63, 3.8) is 0 Å². The topological polar surface area (TPSA) is 30.2 Å². The second-order valence-corrected chi connectivity index (χ2v) is 12.4.